The molecule has 0 unspecified atom stereocenters. The quantitative estimate of drug-likeness (QED) is 0.162. The van der Waals surface area contributed by atoms with Gasteiger partial charge < -0.3 is 4.18 Å². The highest BCUT2D eigenvalue weighted by Crippen LogP contribution is 2.36. The zero-order valence-corrected chi connectivity index (χ0v) is 23.5. The van der Waals surface area contributed by atoms with Gasteiger partial charge in [0.2, 0.25) is 0 Å². The standard InChI is InChI=1S/C30H25ClN2O7S/c1-19-10-16-22(17-11-19)41(38,39)40-21-14-12-20(13-15-21)27(34)18-32(28(35)25-8-4-5-9-26(25)31)33-29(36)23-6-2-3-7-24(23)30(33)37/h2-5,8-17,23-24H,6-7,18H2,1H3/t23-,24+. The SMILES string of the molecule is Cc1ccc(S(=O)(=O)Oc2ccc(C(=O)CN(C(=O)c3ccccc3Cl)N3C(=O)[C@H]4CC=CC[C@H]4C3=O)cc2)cc1. The number of imide groups is 1. The van der Waals surface area contributed by atoms with Gasteiger partial charge in [0.1, 0.15) is 17.2 Å². The van der Waals surface area contributed by atoms with Crippen LogP contribution in [0.25, 0.3) is 0 Å². The number of rotatable bonds is 8. The van der Waals surface area contributed by atoms with Gasteiger partial charge in [-0.25, -0.2) is 5.01 Å². The summed E-state index contributed by atoms with van der Waals surface area (Å²) in [5.41, 5.74) is 1.03. The van der Waals surface area contributed by atoms with Gasteiger partial charge in [0, 0.05) is 5.56 Å². The van der Waals surface area contributed by atoms with E-state index in [1.54, 1.807) is 24.3 Å². The van der Waals surface area contributed by atoms with Gasteiger partial charge >= 0.3 is 10.1 Å². The van der Waals surface area contributed by atoms with Crippen molar-refractivity contribution in [2.45, 2.75) is 24.7 Å². The van der Waals surface area contributed by atoms with E-state index in [0.29, 0.717) is 12.8 Å². The van der Waals surface area contributed by atoms with Gasteiger partial charge in [-0.2, -0.15) is 13.4 Å². The van der Waals surface area contributed by atoms with E-state index in [2.05, 4.69) is 0 Å². The third kappa shape index (κ3) is 5.66. The molecule has 3 aromatic carbocycles. The van der Waals surface area contributed by atoms with Crippen LogP contribution >= 0.6 is 11.6 Å². The number of carbonyl (C=O) groups is 4. The van der Waals surface area contributed by atoms with E-state index in [9.17, 15) is 27.6 Å². The highest BCUT2D eigenvalue weighted by Gasteiger charge is 2.51. The molecule has 11 heteroatoms. The van der Waals surface area contributed by atoms with Crippen LogP contribution in [-0.2, 0) is 19.7 Å². The maximum Gasteiger partial charge on any atom is 0.339 e. The van der Waals surface area contributed by atoms with E-state index >= 15 is 0 Å². The largest absolute Gasteiger partial charge is 0.379 e. The highest BCUT2D eigenvalue weighted by molar-refractivity contribution is 7.87. The first-order chi connectivity index (χ1) is 19.6. The lowest BCUT2D eigenvalue weighted by molar-refractivity contribution is -0.154. The molecule has 2 atom stereocenters. The van der Waals surface area contributed by atoms with Crippen molar-refractivity contribution >= 4 is 45.2 Å². The molecule has 41 heavy (non-hydrogen) atoms. The molecule has 3 aromatic rings. The van der Waals surface area contributed by atoms with Gasteiger partial charge in [-0.1, -0.05) is 53.6 Å². The molecule has 1 aliphatic heterocycles. The van der Waals surface area contributed by atoms with Gasteiger partial charge in [-0.05, 0) is 68.3 Å². The molecule has 0 aromatic heterocycles. The van der Waals surface area contributed by atoms with Crippen LogP contribution in [0.4, 0.5) is 0 Å². The lowest BCUT2D eigenvalue weighted by atomic mass is 9.85. The number of Topliss-reactive ketones (excluding diaryl/α,β-unsaturated/α-hetero) is 1. The summed E-state index contributed by atoms with van der Waals surface area (Å²) in [4.78, 5) is 53.6. The fraction of sp³-hybridized carbons (Fsp3) is 0.200. The fourth-order valence-corrected chi connectivity index (χ4v) is 5.98. The number of fused-ring (bicyclic) bond motifs is 1. The molecule has 2 aliphatic rings. The number of amides is 3. The van der Waals surface area contributed by atoms with Gasteiger partial charge in [-0.3, -0.25) is 19.2 Å². The molecule has 0 bridgehead atoms. The number of carbonyl (C=O) groups excluding carboxylic acids is 4. The van der Waals surface area contributed by atoms with E-state index in [1.165, 1.54) is 48.5 Å². The molecule has 9 nitrogen and oxygen atoms in total. The molecule has 1 saturated heterocycles. The number of ketones is 1. The topological polar surface area (TPSA) is 118 Å². The number of aryl methyl sites for hydroxylation is 1. The van der Waals surface area contributed by atoms with Crippen LogP contribution in [-0.4, -0.2) is 48.5 Å². The second kappa shape index (κ2) is 11.3. The minimum absolute atomic E-state index is 0.0207. The van der Waals surface area contributed by atoms with Crippen LogP contribution < -0.4 is 4.18 Å². The first-order valence-corrected chi connectivity index (χ1v) is 14.6. The summed E-state index contributed by atoms with van der Waals surface area (Å²) < 4.78 is 30.4. The number of nitrogens with zero attached hydrogens (tertiary/aromatic N) is 2. The van der Waals surface area contributed by atoms with Crippen LogP contribution in [0.2, 0.25) is 5.02 Å². The van der Waals surface area contributed by atoms with Gasteiger partial charge in [0.05, 0.1) is 22.4 Å². The smallest absolute Gasteiger partial charge is 0.339 e. The zero-order valence-electron chi connectivity index (χ0n) is 21.9. The Morgan fingerprint density at radius 1 is 0.902 bits per heavy atom. The maximum absolute atomic E-state index is 13.6. The van der Waals surface area contributed by atoms with Crippen LogP contribution in [0.1, 0.15) is 39.1 Å². The monoisotopic (exact) mass is 592 g/mol. The van der Waals surface area contributed by atoms with Crippen LogP contribution in [0, 0.1) is 18.8 Å². The lowest BCUT2D eigenvalue weighted by Crippen LogP contribution is -2.52. The molecule has 1 heterocycles. The number of halogens is 1. The summed E-state index contributed by atoms with van der Waals surface area (Å²) in [6.07, 6.45) is 4.37. The van der Waals surface area contributed by atoms with E-state index in [4.69, 9.17) is 15.8 Å². The number of benzene rings is 3. The molecule has 210 valence electrons. The minimum atomic E-state index is -4.10. The molecule has 5 rings (SSSR count). The molecule has 1 aliphatic carbocycles. The summed E-state index contributed by atoms with van der Waals surface area (Å²) in [7, 11) is -4.10. The summed E-state index contributed by atoms with van der Waals surface area (Å²) in [6, 6.07) is 17.6. The third-order valence-corrected chi connectivity index (χ3v) is 8.64. The second-order valence-electron chi connectivity index (χ2n) is 9.78. The first kappa shape index (κ1) is 28.3. The van der Waals surface area contributed by atoms with Crippen molar-refractivity contribution in [2.24, 2.45) is 11.8 Å². The predicted octanol–water partition coefficient (Wildman–Crippen LogP) is 4.61. The molecule has 0 radical (unpaired) electrons. The number of hydrogen-bond acceptors (Lipinski definition) is 7. The minimum Gasteiger partial charge on any atom is -0.379 e. The van der Waals surface area contributed by atoms with E-state index in [1.807, 2.05) is 19.1 Å². The third-order valence-electron chi connectivity index (χ3n) is 7.05. The molecule has 0 spiro atoms. The molecule has 3 amide bonds. The first-order valence-electron chi connectivity index (χ1n) is 12.8. The second-order valence-corrected chi connectivity index (χ2v) is 11.7. The van der Waals surface area contributed by atoms with Crippen molar-refractivity contribution < 1.29 is 31.8 Å². The van der Waals surface area contributed by atoms with Gasteiger partial charge in [-0.15, -0.1) is 0 Å². The van der Waals surface area contributed by atoms with Gasteiger partial charge in [0.15, 0.2) is 5.78 Å². The van der Waals surface area contributed by atoms with Crippen molar-refractivity contribution in [3.63, 3.8) is 0 Å². The number of hydrogen-bond donors (Lipinski definition) is 0. The Labute approximate surface area is 242 Å². The van der Waals surface area contributed by atoms with Crippen LogP contribution in [0.5, 0.6) is 5.75 Å². The summed E-state index contributed by atoms with van der Waals surface area (Å²) in [5.74, 6) is -3.72. The predicted molar refractivity (Wildman–Crippen MR) is 149 cm³/mol. The normalized spacial score (nSPS) is 18.2. The van der Waals surface area contributed by atoms with E-state index in [-0.39, 0.29) is 26.8 Å². The molecular weight excluding hydrogens is 568 g/mol. The Morgan fingerprint density at radius 2 is 1.49 bits per heavy atom. The Morgan fingerprint density at radius 3 is 2.07 bits per heavy atom. The number of allylic oxidation sites excluding steroid dienone is 2. The highest BCUT2D eigenvalue weighted by atomic mass is 35.5. The summed E-state index contributed by atoms with van der Waals surface area (Å²) in [5, 5.41) is 1.72. The number of hydrazine groups is 1. The van der Waals surface area contributed by atoms with Crippen molar-refractivity contribution in [1.29, 1.82) is 0 Å². The maximum atomic E-state index is 13.6. The van der Waals surface area contributed by atoms with Gasteiger partial charge in [0.25, 0.3) is 17.7 Å². The van der Waals surface area contributed by atoms with E-state index in [0.717, 1.165) is 15.6 Å². The van der Waals surface area contributed by atoms with Crippen molar-refractivity contribution in [1.82, 2.24) is 10.0 Å². The van der Waals surface area contributed by atoms with Crippen LogP contribution in [0.15, 0.2) is 89.8 Å². The van der Waals surface area contributed by atoms with Crippen molar-refractivity contribution in [2.75, 3.05) is 6.54 Å². The van der Waals surface area contributed by atoms with E-state index < -0.39 is 52.0 Å². The molecule has 0 saturated carbocycles. The molecule has 0 N–H and O–H groups in total. The Balaban J connectivity index is 1.39. The summed E-state index contributed by atoms with van der Waals surface area (Å²) in [6.45, 7) is 1.20. The Bertz CT molecular complexity index is 1640. The summed E-state index contributed by atoms with van der Waals surface area (Å²) >= 11 is 6.25. The lowest BCUT2D eigenvalue weighted by Gasteiger charge is -2.30. The average Bonchev–Trinajstić information content (AvgIpc) is 3.21. The van der Waals surface area contributed by atoms with Crippen molar-refractivity contribution in [3.8, 4) is 5.75 Å². The fourth-order valence-electron chi connectivity index (χ4n) is 4.83. The average molecular weight is 593 g/mol. The molecule has 1 fully saturated rings. The Kier molecular flexibility index (Phi) is 7.79. The van der Waals surface area contributed by atoms with Crippen LogP contribution in [0.3, 0.4) is 0 Å². The van der Waals surface area contributed by atoms with Crippen molar-refractivity contribution in [3.05, 3.63) is 107 Å². The molecular formula is C30H25ClN2O7S. The Hall–Kier alpha value is -4.28. The zero-order chi connectivity index (χ0) is 29.3.